The van der Waals surface area contributed by atoms with E-state index in [1.54, 1.807) is 12.1 Å². The van der Waals surface area contributed by atoms with Crippen molar-refractivity contribution in [1.82, 2.24) is 10.3 Å². The number of hydrogen-bond acceptors (Lipinski definition) is 3. The highest BCUT2D eigenvalue weighted by Gasteiger charge is 2.33. The van der Waals surface area contributed by atoms with E-state index in [0.717, 1.165) is 25.6 Å². The maximum atomic E-state index is 13.1. The smallest absolute Gasteiger partial charge is 0.380 e. The van der Waals surface area contributed by atoms with Crippen LogP contribution in [0.5, 0.6) is 0 Å². The van der Waals surface area contributed by atoms with Gasteiger partial charge in [0.1, 0.15) is 0 Å². The van der Waals surface area contributed by atoms with Gasteiger partial charge in [0.2, 0.25) is 0 Å². The fourth-order valence-electron chi connectivity index (χ4n) is 3.01. The van der Waals surface area contributed by atoms with Crippen molar-refractivity contribution in [2.75, 3.05) is 18.4 Å². The van der Waals surface area contributed by atoms with Crippen LogP contribution in [0.4, 0.5) is 18.9 Å². The van der Waals surface area contributed by atoms with Crippen LogP contribution in [0, 0.1) is 5.92 Å². The number of halogens is 3. The number of nitrogens with one attached hydrogen (secondary N) is 2. The summed E-state index contributed by atoms with van der Waals surface area (Å²) in [6.45, 7) is 3.95. The van der Waals surface area contributed by atoms with Gasteiger partial charge >= 0.3 is 6.18 Å². The summed E-state index contributed by atoms with van der Waals surface area (Å²) in [6.07, 6.45) is -2.01. The summed E-state index contributed by atoms with van der Waals surface area (Å²) in [7, 11) is 0. The minimum atomic E-state index is -4.40. The number of benzene rings is 1. The lowest BCUT2D eigenvalue weighted by molar-refractivity contribution is -0.136. The third-order valence-corrected chi connectivity index (χ3v) is 4.01. The molecular formula is C16H18F3N3. The third kappa shape index (κ3) is 3.02. The summed E-state index contributed by atoms with van der Waals surface area (Å²) in [4.78, 5) is 3.94. The second-order valence-electron chi connectivity index (χ2n) is 5.90. The first-order chi connectivity index (χ1) is 10.4. The number of anilines is 1. The van der Waals surface area contributed by atoms with Crippen LogP contribution in [0.25, 0.3) is 10.9 Å². The summed E-state index contributed by atoms with van der Waals surface area (Å²) in [5, 5.41) is 7.20. The molecule has 1 aliphatic heterocycles. The summed E-state index contributed by atoms with van der Waals surface area (Å²) in [5.41, 5.74) is 0.0117. The quantitative estimate of drug-likeness (QED) is 0.889. The Morgan fingerprint density at radius 1 is 1.23 bits per heavy atom. The van der Waals surface area contributed by atoms with E-state index in [-0.39, 0.29) is 11.6 Å². The van der Waals surface area contributed by atoms with E-state index >= 15 is 0 Å². The SMILES string of the molecule is C[C@@H]1CNC[C@H](Nc2ccc(C(F)(F)F)c3ncccc23)C1. The van der Waals surface area contributed by atoms with Gasteiger partial charge in [-0.2, -0.15) is 13.2 Å². The van der Waals surface area contributed by atoms with Crippen molar-refractivity contribution in [1.29, 1.82) is 0 Å². The molecule has 2 N–H and O–H groups in total. The maximum absolute atomic E-state index is 13.1. The Hall–Kier alpha value is -1.82. The van der Waals surface area contributed by atoms with E-state index in [9.17, 15) is 13.2 Å². The van der Waals surface area contributed by atoms with Gasteiger partial charge in [-0.05, 0) is 43.1 Å². The predicted octanol–water partition coefficient (Wildman–Crippen LogP) is 3.66. The van der Waals surface area contributed by atoms with Gasteiger partial charge in [0.05, 0.1) is 11.1 Å². The number of rotatable bonds is 2. The van der Waals surface area contributed by atoms with E-state index < -0.39 is 11.7 Å². The average molecular weight is 309 g/mol. The molecule has 22 heavy (non-hydrogen) atoms. The van der Waals surface area contributed by atoms with Crippen LogP contribution in [-0.2, 0) is 6.18 Å². The maximum Gasteiger partial charge on any atom is 0.418 e. The van der Waals surface area contributed by atoms with Crippen molar-refractivity contribution in [3.63, 3.8) is 0 Å². The highest BCUT2D eigenvalue weighted by Crippen LogP contribution is 2.36. The predicted molar refractivity (Wildman–Crippen MR) is 80.8 cm³/mol. The van der Waals surface area contributed by atoms with E-state index in [4.69, 9.17) is 0 Å². The lowest BCUT2D eigenvalue weighted by atomic mass is 9.97. The first-order valence-electron chi connectivity index (χ1n) is 7.37. The normalized spacial score (nSPS) is 22.7. The molecule has 1 aromatic heterocycles. The molecule has 1 aromatic carbocycles. The van der Waals surface area contributed by atoms with E-state index in [0.29, 0.717) is 17.0 Å². The summed E-state index contributed by atoms with van der Waals surface area (Å²) in [5.74, 6) is 0.546. The Balaban J connectivity index is 1.97. The van der Waals surface area contributed by atoms with Crippen LogP contribution < -0.4 is 10.6 Å². The molecule has 2 heterocycles. The number of pyridine rings is 1. The Morgan fingerprint density at radius 3 is 2.77 bits per heavy atom. The van der Waals surface area contributed by atoms with Crippen LogP contribution in [0.3, 0.4) is 0 Å². The third-order valence-electron chi connectivity index (χ3n) is 4.01. The molecule has 2 aromatic rings. The number of hydrogen-bond donors (Lipinski definition) is 2. The molecule has 1 saturated heterocycles. The molecule has 0 amide bonds. The number of piperidine rings is 1. The summed E-state index contributed by atoms with van der Waals surface area (Å²) < 4.78 is 39.3. The van der Waals surface area contributed by atoms with Gasteiger partial charge in [-0.3, -0.25) is 4.98 Å². The van der Waals surface area contributed by atoms with Crippen LogP contribution in [0.15, 0.2) is 30.5 Å². The second kappa shape index (κ2) is 5.76. The fourth-order valence-corrected chi connectivity index (χ4v) is 3.01. The van der Waals surface area contributed by atoms with E-state index in [1.165, 1.54) is 12.3 Å². The van der Waals surface area contributed by atoms with Gasteiger partial charge in [-0.1, -0.05) is 6.92 Å². The molecule has 3 rings (SSSR count). The first-order valence-corrected chi connectivity index (χ1v) is 7.37. The van der Waals surface area contributed by atoms with Crippen molar-refractivity contribution in [2.24, 2.45) is 5.92 Å². The highest BCUT2D eigenvalue weighted by atomic mass is 19.4. The van der Waals surface area contributed by atoms with Gasteiger partial charge in [0.25, 0.3) is 0 Å². The topological polar surface area (TPSA) is 37.0 Å². The molecular weight excluding hydrogens is 291 g/mol. The van der Waals surface area contributed by atoms with Crippen molar-refractivity contribution in [3.05, 3.63) is 36.0 Å². The van der Waals surface area contributed by atoms with Crippen LogP contribution in [0.2, 0.25) is 0 Å². The zero-order valence-electron chi connectivity index (χ0n) is 12.2. The molecule has 0 saturated carbocycles. The average Bonchev–Trinajstić information content (AvgIpc) is 2.46. The van der Waals surface area contributed by atoms with Gasteiger partial charge in [-0.25, -0.2) is 0 Å². The second-order valence-corrected chi connectivity index (χ2v) is 5.90. The number of aromatic nitrogens is 1. The lowest BCUT2D eigenvalue weighted by Gasteiger charge is -2.29. The zero-order valence-corrected chi connectivity index (χ0v) is 12.2. The highest BCUT2D eigenvalue weighted by molar-refractivity contribution is 5.93. The van der Waals surface area contributed by atoms with Gasteiger partial charge in [-0.15, -0.1) is 0 Å². The zero-order chi connectivity index (χ0) is 15.7. The molecule has 1 aliphatic rings. The van der Waals surface area contributed by atoms with E-state index in [2.05, 4.69) is 22.5 Å². The number of alkyl halides is 3. The van der Waals surface area contributed by atoms with Crippen LogP contribution >= 0.6 is 0 Å². The van der Waals surface area contributed by atoms with Crippen LogP contribution in [-0.4, -0.2) is 24.1 Å². The number of fused-ring (bicyclic) bond motifs is 1. The Labute approximate surface area is 126 Å². The minimum absolute atomic E-state index is 0.00295. The molecule has 0 bridgehead atoms. The van der Waals surface area contributed by atoms with Crippen molar-refractivity contribution in [3.8, 4) is 0 Å². The monoisotopic (exact) mass is 309 g/mol. The Morgan fingerprint density at radius 2 is 2.05 bits per heavy atom. The Bertz CT molecular complexity index is 669. The first kappa shape index (κ1) is 15.1. The van der Waals surface area contributed by atoms with Gasteiger partial charge < -0.3 is 10.6 Å². The van der Waals surface area contributed by atoms with Gasteiger partial charge in [0.15, 0.2) is 0 Å². The molecule has 0 radical (unpaired) electrons. The molecule has 0 spiro atoms. The van der Waals surface area contributed by atoms with Gasteiger partial charge in [0, 0.05) is 29.9 Å². The molecule has 1 fully saturated rings. The minimum Gasteiger partial charge on any atom is -0.380 e. The lowest BCUT2D eigenvalue weighted by Crippen LogP contribution is -2.42. The molecule has 0 unspecified atom stereocenters. The molecule has 2 atom stereocenters. The molecule has 118 valence electrons. The van der Waals surface area contributed by atoms with Crippen molar-refractivity contribution < 1.29 is 13.2 Å². The summed E-state index contributed by atoms with van der Waals surface area (Å²) in [6, 6.07) is 6.17. The Kier molecular flexibility index (Phi) is 3.95. The molecule has 3 nitrogen and oxygen atoms in total. The van der Waals surface area contributed by atoms with Crippen molar-refractivity contribution >= 4 is 16.6 Å². The number of nitrogens with zero attached hydrogens (tertiary/aromatic N) is 1. The molecule has 6 heteroatoms. The molecule has 0 aliphatic carbocycles. The van der Waals surface area contributed by atoms with Crippen molar-refractivity contribution in [2.45, 2.75) is 25.6 Å². The standard InChI is InChI=1S/C16H18F3N3/c1-10-7-11(9-20-8-10)22-14-5-4-13(16(17,18)19)15-12(14)3-2-6-21-15/h2-6,10-11,20,22H,7-9H2,1H3/t10-,11+/m0/s1. The largest absolute Gasteiger partial charge is 0.418 e. The van der Waals surface area contributed by atoms with Crippen LogP contribution in [0.1, 0.15) is 18.9 Å². The van der Waals surface area contributed by atoms with E-state index in [1.807, 2.05) is 0 Å². The summed E-state index contributed by atoms with van der Waals surface area (Å²) >= 11 is 0. The fraction of sp³-hybridized carbons (Fsp3) is 0.438.